The third-order valence-corrected chi connectivity index (χ3v) is 5.33. The molecule has 0 atom stereocenters. The Labute approximate surface area is 123 Å². The lowest BCUT2D eigenvalue weighted by atomic mass is 10.3. The maximum atomic E-state index is 5.64. The van der Waals surface area contributed by atoms with Crippen LogP contribution in [0.2, 0.25) is 19.6 Å². The van der Waals surface area contributed by atoms with Crippen LogP contribution in [0.25, 0.3) is 0 Å². The van der Waals surface area contributed by atoms with Crippen LogP contribution in [0.1, 0.15) is 13.8 Å². The Balaban J connectivity index is 2.75. The van der Waals surface area contributed by atoms with Gasteiger partial charge in [0.1, 0.15) is 14.0 Å². The Morgan fingerprint density at radius 3 is 2.32 bits per heavy atom. The third-order valence-electron chi connectivity index (χ3n) is 2.84. The summed E-state index contributed by atoms with van der Waals surface area (Å²) in [7, 11) is -1.36. The lowest BCUT2D eigenvalue weighted by Crippen LogP contribution is -2.44. The van der Waals surface area contributed by atoms with Gasteiger partial charge in [-0.3, -0.25) is 0 Å². The topological polar surface area (TPSA) is 12.5 Å². The maximum absolute atomic E-state index is 5.64. The Hall–Kier alpha value is -1.13. The minimum atomic E-state index is -1.36. The molecule has 0 radical (unpaired) electrons. The number of allylic oxidation sites excluding steroid dienone is 1. The molecule has 0 amide bonds. The fourth-order valence-electron chi connectivity index (χ4n) is 2.14. The zero-order valence-electron chi connectivity index (χ0n) is 12.4. The van der Waals surface area contributed by atoms with Crippen molar-refractivity contribution in [1.29, 1.82) is 0 Å². The fourth-order valence-corrected chi connectivity index (χ4v) is 4.47. The van der Waals surface area contributed by atoms with Gasteiger partial charge in [0.15, 0.2) is 5.05 Å². The van der Waals surface area contributed by atoms with Crippen molar-refractivity contribution >= 4 is 25.5 Å². The Morgan fingerprint density at radius 2 is 1.84 bits per heavy atom. The van der Waals surface area contributed by atoms with E-state index in [1.165, 1.54) is 5.70 Å². The van der Waals surface area contributed by atoms with Gasteiger partial charge in [-0.25, -0.2) is 0 Å². The Bertz CT molecular complexity index is 451. The number of hydrogen-bond donors (Lipinski definition) is 0. The standard InChI is InChI=1S/C15H23NOSSi/c1-6-16(19(3,4)5)13(2)12-15(18)17-14-10-8-7-9-11-14/h7-12H,6H2,1-5H3. The van der Waals surface area contributed by atoms with Crippen LogP contribution in [0.4, 0.5) is 0 Å². The van der Waals surface area contributed by atoms with Gasteiger partial charge in [0.25, 0.3) is 0 Å². The van der Waals surface area contributed by atoms with E-state index >= 15 is 0 Å². The molecule has 1 aromatic rings. The first-order valence-corrected chi connectivity index (χ1v) is 10.4. The van der Waals surface area contributed by atoms with Crippen LogP contribution < -0.4 is 4.74 Å². The van der Waals surface area contributed by atoms with Crippen LogP contribution in [0.15, 0.2) is 42.1 Å². The van der Waals surface area contributed by atoms with E-state index in [1.54, 1.807) is 0 Å². The summed E-state index contributed by atoms with van der Waals surface area (Å²) < 4.78 is 8.07. The van der Waals surface area contributed by atoms with Crippen molar-refractivity contribution in [1.82, 2.24) is 4.57 Å². The Kier molecular flexibility index (Phi) is 5.75. The molecule has 0 heterocycles. The summed E-state index contributed by atoms with van der Waals surface area (Å²) in [6.07, 6.45) is 1.95. The van der Waals surface area contributed by atoms with E-state index in [2.05, 4.69) is 38.1 Å². The van der Waals surface area contributed by atoms with Gasteiger partial charge in [-0.15, -0.1) is 0 Å². The molecule has 0 spiro atoms. The van der Waals surface area contributed by atoms with Crippen molar-refractivity contribution in [3.8, 4) is 5.75 Å². The van der Waals surface area contributed by atoms with Gasteiger partial charge in [0, 0.05) is 18.3 Å². The monoisotopic (exact) mass is 293 g/mol. The number of ether oxygens (including phenoxy) is 1. The molecule has 1 aromatic carbocycles. The van der Waals surface area contributed by atoms with Crippen molar-refractivity contribution < 1.29 is 4.74 Å². The molecule has 19 heavy (non-hydrogen) atoms. The van der Waals surface area contributed by atoms with E-state index < -0.39 is 8.24 Å². The van der Waals surface area contributed by atoms with Crippen LogP contribution in [0.5, 0.6) is 5.75 Å². The molecule has 0 unspecified atom stereocenters. The van der Waals surface area contributed by atoms with Crippen LogP contribution in [-0.4, -0.2) is 24.4 Å². The lowest BCUT2D eigenvalue weighted by Gasteiger charge is -2.36. The molecule has 1 rings (SSSR count). The predicted molar refractivity (Wildman–Crippen MR) is 89.2 cm³/mol. The van der Waals surface area contributed by atoms with Crippen molar-refractivity contribution in [3.63, 3.8) is 0 Å². The number of nitrogens with zero attached hydrogens (tertiary/aromatic N) is 1. The maximum Gasteiger partial charge on any atom is 0.192 e. The first-order valence-electron chi connectivity index (χ1n) is 6.57. The van der Waals surface area contributed by atoms with Gasteiger partial charge in [-0.05, 0) is 38.2 Å². The van der Waals surface area contributed by atoms with Gasteiger partial charge in [0.05, 0.1) is 0 Å². The summed E-state index contributed by atoms with van der Waals surface area (Å²) in [5, 5.41) is 0.514. The highest BCUT2D eigenvalue weighted by atomic mass is 32.1. The van der Waals surface area contributed by atoms with Crippen LogP contribution in [-0.2, 0) is 0 Å². The third kappa shape index (κ3) is 5.16. The average molecular weight is 294 g/mol. The van der Waals surface area contributed by atoms with Crippen LogP contribution in [0, 0.1) is 0 Å². The van der Waals surface area contributed by atoms with Gasteiger partial charge in [0.2, 0.25) is 0 Å². The fraction of sp³-hybridized carbons (Fsp3) is 0.400. The number of para-hydroxylation sites is 1. The molecule has 0 bridgehead atoms. The van der Waals surface area contributed by atoms with Crippen molar-refractivity contribution in [2.75, 3.05) is 6.54 Å². The molecule has 0 saturated heterocycles. The molecule has 0 fully saturated rings. The molecular formula is C15H23NOSSi. The van der Waals surface area contributed by atoms with Gasteiger partial charge < -0.3 is 9.30 Å². The number of rotatable bonds is 5. The zero-order chi connectivity index (χ0) is 14.5. The van der Waals surface area contributed by atoms with Crippen molar-refractivity contribution in [2.24, 2.45) is 0 Å². The highest BCUT2D eigenvalue weighted by Crippen LogP contribution is 2.17. The summed E-state index contributed by atoms with van der Waals surface area (Å²) in [5.74, 6) is 0.785. The molecule has 4 heteroatoms. The number of benzene rings is 1. The zero-order valence-corrected chi connectivity index (χ0v) is 14.3. The summed E-state index contributed by atoms with van der Waals surface area (Å²) in [4.78, 5) is 0. The number of thiocarbonyl (C=S) groups is 1. The molecule has 0 N–H and O–H groups in total. The SMILES string of the molecule is CCN(C(C)=CC(=S)Oc1ccccc1)[Si](C)(C)C. The normalized spacial score (nSPS) is 12.2. The summed E-state index contributed by atoms with van der Waals surface area (Å²) in [6, 6.07) is 9.65. The van der Waals surface area contributed by atoms with E-state index in [0.717, 1.165) is 12.3 Å². The Morgan fingerprint density at radius 1 is 1.26 bits per heavy atom. The molecule has 0 aliphatic rings. The van der Waals surface area contributed by atoms with Gasteiger partial charge in [-0.2, -0.15) is 0 Å². The smallest absolute Gasteiger partial charge is 0.192 e. The molecule has 0 aliphatic heterocycles. The molecule has 0 aromatic heterocycles. The average Bonchev–Trinajstić information content (AvgIpc) is 2.28. The van der Waals surface area contributed by atoms with E-state index in [-0.39, 0.29) is 0 Å². The molecule has 0 saturated carbocycles. The van der Waals surface area contributed by atoms with E-state index in [0.29, 0.717) is 5.05 Å². The minimum Gasteiger partial charge on any atom is -0.446 e. The van der Waals surface area contributed by atoms with Crippen molar-refractivity contribution in [2.45, 2.75) is 33.5 Å². The first-order chi connectivity index (χ1) is 8.84. The van der Waals surface area contributed by atoms with Crippen molar-refractivity contribution in [3.05, 3.63) is 42.1 Å². The second kappa shape index (κ2) is 6.87. The highest BCUT2D eigenvalue weighted by molar-refractivity contribution is 7.80. The number of hydrogen-bond acceptors (Lipinski definition) is 3. The minimum absolute atomic E-state index is 0.514. The van der Waals surface area contributed by atoms with E-state index in [9.17, 15) is 0 Å². The summed E-state index contributed by atoms with van der Waals surface area (Å²) in [6.45, 7) is 12.3. The molecule has 2 nitrogen and oxygen atoms in total. The van der Waals surface area contributed by atoms with E-state index in [4.69, 9.17) is 17.0 Å². The quantitative estimate of drug-likeness (QED) is 0.452. The van der Waals surface area contributed by atoms with E-state index in [1.807, 2.05) is 36.4 Å². The molecule has 0 aliphatic carbocycles. The van der Waals surface area contributed by atoms with Gasteiger partial charge >= 0.3 is 0 Å². The summed E-state index contributed by atoms with van der Waals surface area (Å²) in [5.41, 5.74) is 1.18. The van der Waals surface area contributed by atoms with Crippen LogP contribution >= 0.6 is 12.2 Å². The second-order valence-corrected chi connectivity index (χ2v) is 10.7. The largest absolute Gasteiger partial charge is 0.446 e. The second-order valence-electron chi connectivity index (χ2n) is 5.43. The summed E-state index contributed by atoms with van der Waals surface area (Å²) >= 11 is 5.29. The van der Waals surface area contributed by atoms with Gasteiger partial charge in [-0.1, -0.05) is 37.8 Å². The lowest BCUT2D eigenvalue weighted by molar-refractivity contribution is 0.539. The molecular weight excluding hydrogens is 270 g/mol. The highest BCUT2D eigenvalue weighted by Gasteiger charge is 2.22. The van der Waals surface area contributed by atoms with Crippen LogP contribution in [0.3, 0.4) is 0 Å². The predicted octanol–water partition coefficient (Wildman–Crippen LogP) is 4.45. The molecule has 104 valence electrons. The first kappa shape index (κ1) is 15.9.